The average molecular weight is 560 g/mol. The van der Waals surface area contributed by atoms with Gasteiger partial charge in [0.05, 0.1) is 39.8 Å². The topological polar surface area (TPSA) is 61.8 Å². The first-order valence-corrected chi connectivity index (χ1v) is 14.2. The first-order valence-electron chi connectivity index (χ1n) is 14.2. The molecule has 0 spiro atoms. The molecule has 5 nitrogen and oxygen atoms in total. The third-order valence-corrected chi connectivity index (χ3v) is 8.40. The highest BCUT2D eigenvalue weighted by atomic mass is 15.0. The van der Waals surface area contributed by atoms with E-state index in [2.05, 4.69) is 98.9 Å². The molecule has 6 aromatic carbocycles. The largest absolute Gasteiger partial charge is 0.310 e. The summed E-state index contributed by atoms with van der Waals surface area (Å²) in [6, 6.07) is 47.1. The van der Waals surface area contributed by atoms with Crippen LogP contribution in [0.25, 0.3) is 71.0 Å². The molecule has 8 aromatic rings. The van der Waals surface area contributed by atoms with Gasteiger partial charge in [0.1, 0.15) is 12.1 Å². The zero-order chi connectivity index (χ0) is 29.8. The fourth-order valence-corrected chi connectivity index (χ4v) is 6.52. The minimum atomic E-state index is 0.354. The summed E-state index contributed by atoms with van der Waals surface area (Å²) in [7, 11) is 0. The van der Waals surface area contributed by atoms with Gasteiger partial charge in [0.25, 0.3) is 0 Å². The van der Waals surface area contributed by atoms with E-state index < -0.39 is 0 Å². The summed E-state index contributed by atoms with van der Waals surface area (Å²) in [4.78, 5) is 3.68. The number of aromatic nitrogens is 2. The summed E-state index contributed by atoms with van der Waals surface area (Å²) in [5.74, 6) is 0. The Morgan fingerprint density at radius 2 is 1.18 bits per heavy atom. The molecule has 0 amide bonds. The fourth-order valence-electron chi connectivity index (χ4n) is 6.52. The lowest BCUT2D eigenvalue weighted by Crippen LogP contribution is -1.96. The zero-order valence-corrected chi connectivity index (χ0v) is 23.4. The van der Waals surface area contributed by atoms with Gasteiger partial charge in [0.15, 0.2) is 5.69 Å². The number of para-hydroxylation sites is 2. The highest BCUT2D eigenvalue weighted by molar-refractivity contribution is 6.17. The van der Waals surface area contributed by atoms with Crippen LogP contribution in [-0.4, -0.2) is 9.13 Å². The van der Waals surface area contributed by atoms with Gasteiger partial charge in [-0.25, -0.2) is 4.85 Å². The Hall–Kier alpha value is -6.61. The molecule has 0 unspecified atom stereocenters. The molecular formula is C39H21N5. The Morgan fingerprint density at radius 3 is 1.98 bits per heavy atom. The van der Waals surface area contributed by atoms with Crippen molar-refractivity contribution in [2.24, 2.45) is 0 Å². The Labute approximate surface area is 253 Å². The first-order chi connectivity index (χ1) is 21.7. The molecule has 5 heteroatoms. The lowest BCUT2D eigenvalue weighted by Gasteiger charge is -2.11. The third-order valence-electron chi connectivity index (χ3n) is 8.40. The molecule has 0 N–H and O–H groups in total. The van der Waals surface area contributed by atoms with Crippen LogP contribution in [0.3, 0.4) is 0 Å². The standard InChI is InChI=1S/C39H21N5/c1-42-28-8-6-9-29(22-28)44-35-13-4-2-10-32(35)33-19-17-25(21-38(33)44)31-12-7-15-37-39(31)34-11-3-5-14-36(34)43(37)30-18-16-26(23-40)27(20-30)24-41/h2-22H. The zero-order valence-electron chi connectivity index (χ0n) is 23.4. The molecule has 2 aromatic heterocycles. The van der Waals surface area contributed by atoms with Gasteiger partial charge >= 0.3 is 0 Å². The molecule has 0 bridgehead atoms. The van der Waals surface area contributed by atoms with Crippen molar-refractivity contribution in [3.05, 3.63) is 150 Å². The van der Waals surface area contributed by atoms with E-state index in [9.17, 15) is 10.5 Å². The molecule has 0 aliphatic carbocycles. The summed E-state index contributed by atoms with van der Waals surface area (Å²) in [5, 5.41) is 23.8. The van der Waals surface area contributed by atoms with Crippen LogP contribution in [0.1, 0.15) is 11.1 Å². The summed E-state index contributed by atoms with van der Waals surface area (Å²) in [6.45, 7) is 7.57. The van der Waals surface area contributed by atoms with E-state index in [-0.39, 0.29) is 0 Å². The highest BCUT2D eigenvalue weighted by Gasteiger charge is 2.19. The van der Waals surface area contributed by atoms with Crippen molar-refractivity contribution in [3.8, 4) is 34.6 Å². The van der Waals surface area contributed by atoms with Crippen molar-refractivity contribution >= 4 is 49.3 Å². The second kappa shape index (κ2) is 9.74. The van der Waals surface area contributed by atoms with Crippen LogP contribution >= 0.6 is 0 Å². The van der Waals surface area contributed by atoms with E-state index in [1.807, 2.05) is 42.5 Å². The van der Waals surface area contributed by atoms with Crippen LogP contribution in [0.4, 0.5) is 5.69 Å². The maximum Gasteiger partial charge on any atom is 0.189 e. The van der Waals surface area contributed by atoms with E-state index in [0.717, 1.165) is 66.1 Å². The van der Waals surface area contributed by atoms with Crippen molar-refractivity contribution in [3.63, 3.8) is 0 Å². The minimum absolute atomic E-state index is 0.354. The Balaban J connectivity index is 1.43. The summed E-state index contributed by atoms with van der Waals surface area (Å²) in [6.07, 6.45) is 0. The summed E-state index contributed by atoms with van der Waals surface area (Å²) in [5.41, 5.74) is 9.47. The quantitative estimate of drug-likeness (QED) is 0.202. The van der Waals surface area contributed by atoms with Gasteiger partial charge in [-0.15, -0.1) is 0 Å². The van der Waals surface area contributed by atoms with Crippen LogP contribution in [0.5, 0.6) is 0 Å². The van der Waals surface area contributed by atoms with E-state index in [1.165, 1.54) is 0 Å². The molecule has 0 aliphatic heterocycles. The lowest BCUT2D eigenvalue weighted by atomic mass is 9.98. The molecule has 8 rings (SSSR count). The van der Waals surface area contributed by atoms with Crippen LogP contribution < -0.4 is 0 Å². The monoisotopic (exact) mass is 559 g/mol. The van der Waals surface area contributed by atoms with Crippen molar-refractivity contribution in [2.75, 3.05) is 0 Å². The number of benzene rings is 6. The SMILES string of the molecule is [C-]#[N+]c1cccc(-n2c3ccccc3c3ccc(-c4cccc5c4c4ccccc4n5-c4ccc(C#N)c(C#N)c4)cc32)c1. The second-order valence-electron chi connectivity index (χ2n) is 10.7. The normalized spacial score (nSPS) is 11.1. The Morgan fingerprint density at radius 1 is 0.523 bits per heavy atom. The molecule has 44 heavy (non-hydrogen) atoms. The molecule has 0 fully saturated rings. The smallest absolute Gasteiger partial charge is 0.189 e. The van der Waals surface area contributed by atoms with Gasteiger partial charge in [-0.05, 0) is 65.7 Å². The summed E-state index contributed by atoms with van der Waals surface area (Å²) < 4.78 is 4.41. The number of nitriles is 2. The molecule has 0 aliphatic rings. The van der Waals surface area contributed by atoms with Gasteiger partial charge in [-0.1, -0.05) is 72.8 Å². The number of rotatable bonds is 3. The van der Waals surface area contributed by atoms with Gasteiger partial charge in [-0.2, -0.15) is 10.5 Å². The van der Waals surface area contributed by atoms with Crippen molar-refractivity contribution in [1.29, 1.82) is 10.5 Å². The van der Waals surface area contributed by atoms with Gasteiger partial charge in [0.2, 0.25) is 0 Å². The summed E-state index contributed by atoms with van der Waals surface area (Å²) >= 11 is 0. The molecule has 202 valence electrons. The minimum Gasteiger partial charge on any atom is -0.310 e. The number of fused-ring (bicyclic) bond motifs is 6. The second-order valence-corrected chi connectivity index (χ2v) is 10.7. The van der Waals surface area contributed by atoms with Gasteiger partial charge in [-0.3, -0.25) is 0 Å². The fraction of sp³-hybridized carbons (Fsp3) is 0. The van der Waals surface area contributed by atoms with E-state index in [0.29, 0.717) is 16.8 Å². The average Bonchev–Trinajstić information content (AvgIpc) is 3.60. The van der Waals surface area contributed by atoms with Crippen molar-refractivity contribution in [1.82, 2.24) is 9.13 Å². The Kier molecular flexibility index (Phi) is 5.56. The van der Waals surface area contributed by atoms with Gasteiger partial charge in [0, 0.05) is 32.9 Å². The number of hydrogen-bond donors (Lipinski definition) is 0. The molecule has 0 saturated carbocycles. The van der Waals surface area contributed by atoms with Gasteiger partial charge < -0.3 is 9.13 Å². The van der Waals surface area contributed by atoms with Crippen LogP contribution in [0.2, 0.25) is 0 Å². The third kappa shape index (κ3) is 3.63. The van der Waals surface area contributed by atoms with Crippen molar-refractivity contribution < 1.29 is 0 Å². The van der Waals surface area contributed by atoms with Crippen molar-refractivity contribution in [2.45, 2.75) is 0 Å². The maximum absolute atomic E-state index is 9.74. The lowest BCUT2D eigenvalue weighted by molar-refractivity contribution is 1.17. The molecular weight excluding hydrogens is 538 g/mol. The Bertz CT molecular complexity index is 2600. The molecule has 0 radical (unpaired) electrons. The van der Waals surface area contributed by atoms with E-state index in [4.69, 9.17) is 6.57 Å². The molecule has 0 saturated heterocycles. The van der Waals surface area contributed by atoms with E-state index >= 15 is 0 Å². The first kappa shape index (κ1) is 25.1. The van der Waals surface area contributed by atoms with Crippen LogP contribution in [0.15, 0.2) is 127 Å². The van der Waals surface area contributed by atoms with Crippen LogP contribution in [0, 0.1) is 29.2 Å². The highest BCUT2D eigenvalue weighted by Crippen LogP contribution is 2.41. The maximum atomic E-state index is 9.74. The number of nitrogens with zero attached hydrogens (tertiary/aromatic N) is 5. The predicted octanol–water partition coefficient (Wildman–Crippen LogP) is 9.84. The molecule has 0 atom stereocenters. The molecule has 2 heterocycles. The van der Waals surface area contributed by atoms with E-state index in [1.54, 1.807) is 12.1 Å². The predicted molar refractivity (Wildman–Crippen MR) is 176 cm³/mol. The van der Waals surface area contributed by atoms with Crippen LogP contribution in [-0.2, 0) is 0 Å². The number of hydrogen-bond acceptors (Lipinski definition) is 2.